The Bertz CT molecular complexity index is 247. The monoisotopic (exact) mass is 214 g/mol. The predicted molar refractivity (Wildman–Crippen MR) is 55.4 cm³/mol. The van der Waals surface area contributed by atoms with Crippen molar-refractivity contribution in [3.05, 3.63) is 0 Å². The normalized spacial score (nSPS) is 19.3. The summed E-state index contributed by atoms with van der Waals surface area (Å²) in [5, 5.41) is 14.0. The highest BCUT2D eigenvalue weighted by Gasteiger charge is 2.34. The summed E-state index contributed by atoms with van der Waals surface area (Å²) in [5.41, 5.74) is -0.725. The predicted octanol–water partition coefficient (Wildman–Crippen LogP) is 1.44. The van der Waals surface area contributed by atoms with Crippen LogP contribution in [-0.2, 0) is 4.79 Å². The third kappa shape index (κ3) is 3.42. The molecule has 1 rings (SSSR count). The number of carbonyl (C=O) groups excluding carboxylic acids is 1. The van der Waals surface area contributed by atoms with E-state index in [1.54, 1.807) is 6.92 Å². The minimum atomic E-state index is -1.08. The van der Waals surface area contributed by atoms with E-state index in [0.717, 1.165) is 19.3 Å². The van der Waals surface area contributed by atoms with Crippen molar-refractivity contribution in [1.82, 2.24) is 10.6 Å². The molecule has 5 heteroatoms. The van der Waals surface area contributed by atoms with Gasteiger partial charge in [0.05, 0.1) is 0 Å². The molecule has 3 N–H and O–H groups in total. The average Bonchev–Trinajstić information content (AvgIpc) is 2.17. The van der Waals surface area contributed by atoms with Gasteiger partial charge >= 0.3 is 6.09 Å². The second-order valence-electron chi connectivity index (χ2n) is 3.97. The Morgan fingerprint density at radius 2 is 1.80 bits per heavy atom. The van der Waals surface area contributed by atoms with Gasteiger partial charge < -0.3 is 10.4 Å². The maximum Gasteiger partial charge on any atom is 0.406 e. The molecule has 0 aliphatic heterocycles. The SMILES string of the molecule is CCC(=O)NC1(NC(=O)O)CCCCC1. The molecule has 0 aromatic heterocycles. The Balaban J connectivity index is 2.65. The van der Waals surface area contributed by atoms with Gasteiger partial charge in [-0.05, 0) is 25.7 Å². The molecule has 0 atom stereocenters. The molecule has 0 heterocycles. The number of hydrogen-bond acceptors (Lipinski definition) is 2. The fraction of sp³-hybridized carbons (Fsp3) is 0.800. The summed E-state index contributed by atoms with van der Waals surface area (Å²) in [4.78, 5) is 22.0. The number of carbonyl (C=O) groups is 2. The van der Waals surface area contributed by atoms with Crippen LogP contribution in [0.2, 0.25) is 0 Å². The lowest BCUT2D eigenvalue weighted by Gasteiger charge is -2.37. The molecule has 2 amide bonds. The molecule has 15 heavy (non-hydrogen) atoms. The maximum atomic E-state index is 11.3. The highest BCUT2D eigenvalue weighted by atomic mass is 16.4. The number of hydrogen-bond donors (Lipinski definition) is 3. The van der Waals surface area contributed by atoms with Crippen LogP contribution in [-0.4, -0.2) is 22.8 Å². The van der Waals surface area contributed by atoms with Gasteiger partial charge in [0, 0.05) is 6.42 Å². The van der Waals surface area contributed by atoms with Crippen molar-refractivity contribution in [2.75, 3.05) is 0 Å². The van der Waals surface area contributed by atoms with Crippen LogP contribution in [0, 0.1) is 0 Å². The van der Waals surface area contributed by atoms with Crippen LogP contribution in [0.25, 0.3) is 0 Å². The summed E-state index contributed by atoms with van der Waals surface area (Å²) in [5.74, 6) is -0.106. The van der Waals surface area contributed by atoms with E-state index in [1.807, 2.05) is 0 Å². The Labute approximate surface area is 89.2 Å². The Kier molecular flexibility index (Phi) is 3.94. The summed E-state index contributed by atoms with van der Waals surface area (Å²) in [7, 11) is 0. The van der Waals surface area contributed by atoms with Crippen LogP contribution < -0.4 is 10.6 Å². The van der Waals surface area contributed by atoms with Crippen molar-refractivity contribution in [2.45, 2.75) is 51.1 Å². The van der Waals surface area contributed by atoms with Crippen LogP contribution in [0.1, 0.15) is 45.4 Å². The van der Waals surface area contributed by atoms with Gasteiger partial charge in [-0.25, -0.2) is 4.79 Å². The summed E-state index contributed by atoms with van der Waals surface area (Å²) < 4.78 is 0. The molecule has 0 aromatic carbocycles. The lowest BCUT2D eigenvalue weighted by atomic mass is 9.89. The molecule has 1 aliphatic rings. The number of rotatable bonds is 3. The van der Waals surface area contributed by atoms with Gasteiger partial charge in [0.1, 0.15) is 5.66 Å². The molecular weight excluding hydrogens is 196 g/mol. The largest absolute Gasteiger partial charge is 0.465 e. The topological polar surface area (TPSA) is 78.4 Å². The van der Waals surface area contributed by atoms with Gasteiger partial charge in [-0.3, -0.25) is 10.1 Å². The lowest BCUT2D eigenvalue weighted by Crippen LogP contribution is -2.61. The van der Waals surface area contributed by atoms with Crippen LogP contribution in [0.4, 0.5) is 4.79 Å². The smallest absolute Gasteiger partial charge is 0.406 e. The van der Waals surface area contributed by atoms with E-state index in [4.69, 9.17) is 5.11 Å². The standard InChI is InChI=1S/C10H18N2O3/c1-2-8(13)11-10(12-9(14)15)6-4-3-5-7-10/h12H,2-7H2,1H3,(H,11,13)(H,14,15). The first kappa shape index (κ1) is 11.8. The molecule has 1 aliphatic carbocycles. The second-order valence-corrected chi connectivity index (χ2v) is 3.97. The highest BCUT2D eigenvalue weighted by molar-refractivity contribution is 5.77. The van der Waals surface area contributed by atoms with Crippen LogP contribution in [0.3, 0.4) is 0 Å². The molecule has 0 radical (unpaired) electrons. The molecule has 0 saturated heterocycles. The van der Waals surface area contributed by atoms with Crippen LogP contribution in [0.5, 0.6) is 0 Å². The van der Waals surface area contributed by atoms with E-state index < -0.39 is 11.8 Å². The van der Waals surface area contributed by atoms with Gasteiger partial charge in [0.2, 0.25) is 5.91 Å². The summed E-state index contributed by atoms with van der Waals surface area (Å²) in [6, 6.07) is 0. The Hall–Kier alpha value is -1.26. The zero-order valence-corrected chi connectivity index (χ0v) is 9.01. The van der Waals surface area contributed by atoms with Crippen molar-refractivity contribution >= 4 is 12.0 Å². The minimum Gasteiger partial charge on any atom is -0.465 e. The van der Waals surface area contributed by atoms with Crippen LogP contribution >= 0.6 is 0 Å². The third-order valence-electron chi connectivity index (χ3n) is 2.75. The molecule has 86 valence electrons. The van der Waals surface area contributed by atoms with E-state index in [0.29, 0.717) is 19.3 Å². The molecule has 1 saturated carbocycles. The van der Waals surface area contributed by atoms with Crippen molar-refractivity contribution in [1.29, 1.82) is 0 Å². The molecule has 0 unspecified atom stereocenters. The van der Waals surface area contributed by atoms with E-state index >= 15 is 0 Å². The van der Waals surface area contributed by atoms with Crippen LogP contribution in [0.15, 0.2) is 0 Å². The Morgan fingerprint density at radius 3 is 2.27 bits per heavy atom. The fourth-order valence-corrected chi connectivity index (χ4v) is 2.00. The van der Waals surface area contributed by atoms with Crippen molar-refractivity contribution in [2.24, 2.45) is 0 Å². The van der Waals surface area contributed by atoms with Crippen molar-refractivity contribution in [3.63, 3.8) is 0 Å². The van der Waals surface area contributed by atoms with Gasteiger partial charge in [-0.1, -0.05) is 13.3 Å². The summed E-state index contributed by atoms with van der Waals surface area (Å²) >= 11 is 0. The average molecular weight is 214 g/mol. The van der Waals surface area contributed by atoms with E-state index in [-0.39, 0.29) is 5.91 Å². The lowest BCUT2D eigenvalue weighted by molar-refractivity contribution is -0.123. The van der Waals surface area contributed by atoms with Gasteiger partial charge in [0.15, 0.2) is 0 Å². The first-order chi connectivity index (χ1) is 7.08. The molecule has 0 aromatic rings. The summed E-state index contributed by atoms with van der Waals surface area (Å²) in [6.07, 6.45) is 3.67. The number of carboxylic acid groups (broad SMARTS) is 1. The fourth-order valence-electron chi connectivity index (χ4n) is 2.00. The van der Waals surface area contributed by atoms with E-state index in [2.05, 4.69) is 10.6 Å². The zero-order chi connectivity index (χ0) is 11.3. The zero-order valence-electron chi connectivity index (χ0n) is 9.01. The third-order valence-corrected chi connectivity index (χ3v) is 2.75. The van der Waals surface area contributed by atoms with E-state index in [9.17, 15) is 9.59 Å². The maximum absolute atomic E-state index is 11.3. The van der Waals surface area contributed by atoms with Crippen molar-refractivity contribution < 1.29 is 14.7 Å². The highest BCUT2D eigenvalue weighted by Crippen LogP contribution is 2.25. The molecule has 0 bridgehead atoms. The molecule has 1 fully saturated rings. The molecule has 5 nitrogen and oxygen atoms in total. The van der Waals surface area contributed by atoms with Gasteiger partial charge in [0.25, 0.3) is 0 Å². The second kappa shape index (κ2) is 5.00. The first-order valence-corrected chi connectivity index (χ1v) is 5.40. The van der Waals surface area contributed by atoms with E-state index in [1.165, 1.54) is 0 Å². The molecular formula is C10H18N2O3. The minimum absolute atomic E-state index is 0.106. The van der Waals surface area contributed by atoms with Gasteiger partial charge in [-0.2, -0.15) is 0 Å². The summed E-state index contributed by atoms with van der Waals surface area (Å²) in [6.45, 7) is 1.76. The number of nitrogens with one attached hydrogen (secondary N) is 2. The van der Waals surface area contributed by atoms with Crippen molar-refractivity contribution in [3.8, 4) is 0 Å². The first-order valence-electron chi connectivity index (χ1n) is 5.40. The number of amides is 2. The van der Waals surface area contributed by atoms with Gasteiger partial charge in [-0.15, -0.1) is 0 Å². The quantitative estimate of drug-likeness (QED) is 0.622. The molecule has 0 spiro atoms. The Morgan fingerprint density at radius 1 is 1.20 bits per heavy atom.